The average molecular weight is 349 g/mol. The molecule has 2 aromatic rings. The van der Waals surface area contributed by atoms with Crippen molar-refractivity contribution in [1.29, 1.82) is 0 Å². The van der Waals surface area contributed by atoms with E-state index >= 15 is 0 Å². The zero-order valence-corrected chi connectivity index (χ0v) is 15.7. The molecule has 0 saturated heterocycles. The number of benzene rings is 1. The quantitative estimate of drug-likeness (QED) is 0.776. The van der Waals surface area contributed by atoms with Gasteiger partial charge in [0.1, 0.15) is 11.2 Å². The van der Waals surface area contributed by atoms with Crippen LogP contribution in [0, 0.1) is 5.41 Å². The standard InChI is InChI=1S/C18H25ClN4O/c1-6-14-20-21-15(22(14)5)12-23(13-10-8-7-9-11-13)17(24)16(19)18(2,3)4/h7-11,16H,6,12H2,1-5H3. The minimum Gasteiger partial charge on any atom is -0.317 e. The lowest BCUT2D eigenvalue weighted by Gasteiger charge is -2.30. The molecule has 0 aliphatic heterocycles. The van der Waals surface area contributed by atoms with Crippen LogP contribution in [0.15, 0.2) is 30.3 Å². The van der Waals surface area contributed by atoms with Crippen molar-refractivity contribution in [3.63, 3.8) is 0 Å². The van der Waals surface area contributed by atoms with Gasteiger partial charge in [-0.2, -0.15) is 0 Å². The van der Waals surface area contributed by atoms with Crippen molar-refractivity contribution in [2.24, 2.45) is 12.5 Å². The number of carbonyl (C=O) groups is 1. The summed E-state index contributed by atoms with van der Waals surface area (Å²) in [5.74, 6) is 1.50. The van der Waals surface area contributed by atoms with Gasteiger partial charge >= 0.3 is 0 Å². The smallest absolute Gasteiger partial charge is 0.245 e. The molecule has 6 heteroatoms. The van der Waals surface area contributed by atoms with Crippen LogP contribution in [0.5, 0.6) is 0 Å². The van der Waals surface area contributed by atoms with E-state index in [0.29, 0.717) is 6.54 Å². The molecule has 0 fully saturated rings. The number of aryl methyl sites for hydroxylation is 1. The summed E-state index contributed by atoms with van der Waals surface area (Å²) < 4.78 is 1.93. The van der Waals surface area contributed by atoms with Gasteiger partial charge in [0.25, 0.3) is 0 Å². The number of anilines is 1. The van der Waals surface area contributed by atoms with Crippen LogP contribution in [0.25, 0.3) is 0 Å². The number of para-hydroxylation sites is 1. The Kier molecular flexibility index (Phi) is 5.65. The highest BCUT2D eigenvalue weighted by atomic mass is 35.5. The van der Waals surface area contributed by atoms with E-state index in [1.54, 1.807) is 4.90 Å². The third kappa shape index (κ3) is 3.96. The SMILES string of the molecule is CCc1nnc(CN(C(=O)C(Cl)C(C)(C)C)c2ccccc2)n1C. The fourth-order valence-electron chi connectivity index (χ4n) is 2.40. The van der Waals surface area contributed by atoms with Crippen molar-refractivity contribution in [2.75, 3.05) is 4.90 Å². The number of hydrogen-bond acceptors (Lipinski definition) is 3. The molecule has 0 saturated carbocycles. The molecule has 1 heterocycles. The topological polar surface area (TPSA) is 51.0 Å². The van der Waals surface area contributed by atoms with Gasteiger partial charge in [0.2, 0.25) is 5.91 Å². The van der Waals surface area contributed by atoms with Crippen molar-refractivity contribution in [3.05, 3.63) is 42.0 Å². The monoisotopic (exact) mass is 348 g/mol. The molecule has 0 N–H and O–H groups in total. The van der Waals surface area contributed by atoms with Crippen LogP contribution in [0.3, 0.4) is 0 Å². The normalized spacial score (nSPS) is 12.9. The number of amides is 1. The second kappa shape index (κ2) is 7.34. The van der Waals surface area contributed by atoms with E-state index in [2.05, 4.69) is 10.2 Å². The fraction of sp³-hybridized carbons (Fsp3) is 0.500. The van der Waals surface area contributed by atoms with Crippen molar-refractivity contribution < 1.29 is 4.79 Å². The Morgan fingerprint density at radius 1 is 1.21 bits per heavy atom. The molecule has 0 radical (unpaired) electrons. The van der Waals surface area contributed by atoms with Crippen molar-refractivity contribution in [2.45, 2.75) is 46.0 Å². The summed E-state index contributed by atoms with van der Waals surface area (Å²) in [5.41, 5.74) is 0.471. The summed E-state index contributed by atoms with van der Waals surface area (Å²) in [6.07, 6.45) is 0.795. The van der Waals surface area contributed by atoms with Crippen LogP contribution in [0.2, 0.25) is 0 Å². The summed E-state index contributed by atoms with van der Waals surface area (Å²) >= 11 is 6.46. The van der Waals surface area contributed by atoms with E-state index in [4.69, 9.17) is 11.6 Å². The second-order valence-electron chi connectivity index (χ2n) is 6.93. The zero-order chi connectivity index (χ0) is 17.9. The Hall–Kier alpha value is -1.88. The highest BCUT2D eigenvalue weighted by Crippen LogP contribution is 2.29. The number of aromatic nitrogens is 3. The van der Waals surface area contributed by atoms with Gasteiger partial charge in [-0.05, 0) is 17.5 Å². The van der Waals surface area contributed by atoms with Crippen LogP contribution in [-0.4, -0.2) is 26.0 Å². The predicted molar refractivity (Wildman–Crippen MR) is 97.1 cm³/mol. The largest absolute Gasteiger partial charge is 0.317 e. The lowest BCUT2D eigenvalue weighted by Crippen LogP contribution is -2.42. The van der Waals surface area contributed by atoms with E-state index in [0.717, 1.165) is 23.8 Å². The van der Waals surface area contributed by atoms with Crippen LogP contribution in [0.4, 0.5) is 5.69 Å². The van der Waals surface area contributed by atoms with Crippen molar-refractivity contribution >= 4 is 23.2 Å². The molecule has 5 nitrogen and oxygen atoms in total. The number of carbonyl (C=O) groups excluding carboxylic acids is 1. The second-order valence-corrected chi connectivity index (χ2v) is 7.37. The molecular formula is C18H25ClN4O. The minimum atomic E-state index is -0.628. The van der Waals surface area contributed by atoms with E-state index in [1.807, 2.05) is 69.6 Å². The molecule has 1 aromatic heterocycles. The van der Waals surface area contributed by atoms with Crippen molar-refractivity contribution in [3.8, 4) is 0 Å². The molecular weight excluding hydrogens is 324 g/mol. The fourth-order valence-corrected chi connectivity index (χ4v) is 2.51. The first kappa shape index (κ1) is 18.5. The third-order valence-electron chi connectivity index (χ3n) is 3.98. The Morgan fingerprint density at radius 2 is 1.79 bits per heavy atom. The number of alkyl halides is 1. The first-order chi connectivity index (χ1) is 11.3. The van der Waals surface area contributed by atoms with E-state index in [9.17, 15) is 4.79 Å². The lowest BCUT2D eigenvalue weighted by atomic mass is 9.91. The van der Waals surface area contributed by atoms with Gasteiger partial charge in [0.15, 0.2) is 5.82 Å². The third-order valence-corrected chi connectivity index (χ3v) is 4.82. The van der Waals surface area contributed by atoms with E-state index in [-0.39, 0.29) is 11.3 Å². The molecule has 0 spiro atoms. The maximum atomic E-state index is 13.0. The van der Waals surface area contributed by atoms with Crippen LogP contribution in [0.1, 0.15) is 39.3 Å². The van der Waals surface area contributed by atoms with Gasteiger partial charge in [-0.3, -0.25) is 4.79 Å². The lowest BCUT2D eigenvalue weighted by molar-refractivity contribution is -0.120. The highest BCUT2D eigenvalue weighted by Gasteiger charge is 2.34. The molecule has 1 amide bonds. The summed E-state index contributed by atoms with van der Waals surface area (Å²) in [6, 6.07) is 9.54. The number of halogens is 1. The van der Waals surface area contributed by atoms with Crippen LogP contribution < -0.4 is 4.90 Å². The van der Waals surface area contributed by atoms with Crippen LogP contribution >= 0.6 is 11.6 Å². The van der Waals surface area contributed by atoms with Gasteiger partial charge in [-0.1, -0.05) is 45.9 Å². The Labute approximate surface area is 148 Å². The predicted octanol–water partition coefficient (Wildman–Crippen LogP) is 3.56. The maximum absolute atomic E-state index is 13.0. The molecule has 1 aromatic carbocycles. The number of rotatable bonds is 5. The average Bonchev–Trinajstić information content (AvgIpc) is 2.91. The molecule has 2 rings (SSSR count). The van der Waals surface area contributed by atoms with Crippen molar-refractivity contribution in [1.82, 2.24) is 14.8 Å². The van der Waals surface area contributed by atoms with Gasteiger partial charge in [-0.25, -0.2) is 0 Å². The molecule has 24 heavy (non-hydrogen) atoms. The summed E-state index contributed by atoms with van der Waals surface area (Å²) in [6.45, 7) is 8.25. The first-order valence-electron chi connectivity index (χ1n) is 8.13. The molecule has 1 atom stereocenters. The zero-order valence-electron chi connectivity index (χ0n) is 15.0. The molecule has 0 bridgehead atoms. The molecule has 130 valence electrons. The highest BCUT2D eigenvalue weighted by molar-refractivity contribution is 6.33. The van der Waals surface area contributed by atoms with Crippen LogP contribution in [-0.2, 0) is 24.8 Å². The van der Waals surface area contributed by atoms with Gasteiger partial charge in [0, 0.05) is 19.2 Å². The van der Waals surface area contributed by atoms with Gasteiger partial charge < -0.3 is 9.47 Å². The van der Waals surface area contributed by atoms with E-state index in [1.165, 1.54) is 0 Å². The maximum Gasteiger partial charge on any atom is 0.245 e. The summed E-state index contributed by atoms with van der Waals surface area (Å²) in [5, 5.41) is 7.78. The van der Waals surface area contributed by atoms with Gasteiger partial charge in [0.05, 0.1) is 6.54 Å². The minimum absolute atomic E-state index is 0.128. The van der Waals surface area contributed by atoms with E-state index < -0.39 is 5.38 Å². The Bertz CT molecular complexity index is 691. The Balaban J connectivity index is 2.37. The summed E-state index contributed by atoms with van der Waals surface area (Å²) in [7, 11) is 1.92. The first-order valence-corrected chi connectivity index (χ1v) is 8.57. The van der Waals surface area contributed by atoms with Gasteiger partial charge in [-0.15, -0.1) is 21.8 Å². The number of hydrogen-bond donors (Lipinski definition) is 0. The summed E-state index contributed by atoms with van der Waals surface area (Å²) in [4.78, 5) is 14.7. The number of nitrogens with zero attached hydrogens (tertiary/aromatic N) is 4. The molecule has 0 aliphatic rings. The molecule has 1 unspecified atom stereocenters. The molecule has 0 aliphatic carbocycles. The Morgan fingerprint density at radius 3 is 2.29 bits per heavy atom.